The fourth-order valence-corrected chi connectivity index (χ4v) is 2.45. The average molecular weight is 359 g/mol. The first-order chi connectivity index (χ1) is 11.8. The van der Waals surface area contributed by atoms with Crippen molar-refractivity contribution < 1.29 is 18.0 Å². The molecule has 1 aliphatic rings. The number of nitrogens with zero attached hydrogens (tertiary/aromatic N) is 3. The van der Waals surface area contributed by atoms with Crippen LogP contribution in [-0.2, 0) is 6.18 Å². The normalized spacial score (nSPS) is 15.4. The molecule has 0 aromatic heterocycles. The molecule has 2 rings (SSSR count). The number of benzene rings is 1. The van der Waals surface area contributed by atoms with E-state index in [1.54, 1.807) is 0 Å². The Hall–Kier alpha value is -1.96. The van der Waals surface area contributed by atoms with Crippen LogP contribution >= 0.6 is 0 Å². The van der Waals surface area contributed by atoms with Gasteiger partial charge >= 0.3 is 6.18 Å². The quantitative estimate of drug-likeness (QED) is 0.756. The van der Waals surface area contributed by atoms with E-state index in [0.29, 0.717) is 26.2 Å². The molecule has 0 aliphatic carbocycles. The van der Waals surface area contributed by atoms with Crippen LogP contribution in [0.3, 0.4) is 0 Å². The van der Waals surface area contributed by atoms with Crippen LogP contribution in [-0.4, -0.2) is 48.4 Å². The van der Waals surface area contributed by atoms with Gasteiger partial charge < -0.3 is 9.80 Å². The van der Waals surface area contributed by atoms with Crippen LogP contribution in [0.5, 0.6) is 0 Å². The van der Waals surface area contributed by atoms with Crippen molar-refractivity contribution in [2.45, 2.75) is 33.4 Å². The summed E-state index contributed by atoms with van der Waals surface area (Å²) in [4.78, 5) is 26.4. The predicted octanol–water partition coefficient (Wildman–Crippen LogP) is 4.30. The molecule has 0 atom stereocenters. The Morgan fingerprint density at radius 3 is 2.12 bits per heavy atom. The monoisotopic (exact) mass is 359 g/mol. The standard InChI is InChI=1S/C14H16F3N3O2.C3H8/c1-2-19-5-7-20(8-6-19)13(21)11-9-10(18-22)3-4-12(11)14(15,16)17;1-3-2/h3-4,9H,2,5-8H2,1H3;3H2,1-2H3. The summed E-state index contributed by atoms with van der Waals surface area (Å²) in [5.74, 6) is -0.714. The topological polar surface area (TPSA) is 53.0 Å². The maximum Gasteiger partial charge on any atom is 0.417 e. The van der Waals surface area contributed by atoms with Gasteiger partial charge in [-0.2, -0.15) is 13.2 Å². The highest BCUT2D eigenvalue weighted by Crippen LogP contribution is 2.34. The lowest BCUT2D eigenvalue weighted by Gasteiger charge is -2.34. The van der Waals surface area contributed by atoms with Crippen LogP contribution in [0.1, 0.15) is 43.1 Å². The number of hydrogen-bond acceptors (Lipinski definition) is 4. The van der Waals surface area contributed by atoms with Crippen LogP contribution in [0.15, 0.2) is 23.4 Å². The molecule has 8 heteroatoms. The van der Waals surface area contributed by atoms with Gasteiger partial charge in [0, 0.05) is 26.2 Å². The third kappa shape index (κ3) is 5.81. The fourth-order valence-electron chi connectivity index (χ4n) is 2.45. The number of carbonyl (C=O) groups excluding carboxylic acids is 1. The molecule has 1 aliphatic heterocycles. The maximum atomic E-state index is 13.0. The van der Waals surface area contributed by atoms with E-state index in [2.05, 4.69) is 23.9 Å². The molecule has 140 valence electrons. The molecule has 25 heavy (non-hydrogen) atoms. The molecular formula is C17H24F3N3O2. The molecule has 0 saturated carbocycles. The minimum Gasteiger partial charge on any atom is -0.336 e. The second-order valence-electron chi connectivity index (χ2n) is 5.75. The summed E-state index contributed by atoms with van der Waals surface area (Å²) >= 11 is 0. The number of rotatable bonds is 3. The Morgan fingerprint density at radius 1 is 1.12 bits per heavy atom. The van der Waals surface area contributed by atoms with Gasteiger partial charge in [-0.3, -0.25) is 4.79 Å². The van der Waals surface area contributed by atoms with Gasteiger partial charge in [-0.25, -0.2) is 0 Å². The van der Waals surface area contributed by atoms with Gasteiger partial charge in [-0.1, -0.05) is 27.2 Å². The van der Waals surface area contributed by atoms with Crippen molar-refractivity contribution in [2.24, 2.45) is 5.18 Å². The number of nitroso groups, excluding NO2 is 1. The number of piperazine rings is 1. The van der Waals surface area contributed by atoms with Crippen LogP contribution in [0.4, 0.5) is 18.9 Å². The van der Waals surface area contributed by atoms with Crippen LogP contribution < -0.4 is 0 Å². The Kier molecular flexibility index (Phi) is 8.02. The van der Waals surface area contributed by atoms with Crippen molar-refractivity contribution in [3.05, 3.63) is 34.2 Å². The van der Waals surface area contributed by atoms with E-state index < -0.39 is 23.2 Å². The zero-order valence-corrected chi connectivity index (χ0v) is 14.8. The second-order valence-corrected chi connectivity index (χ2v) is 5.75. The lowest BCUT2D eigenvalue weighted by atomic mass is 10.0. The summed E-state index contributed by atoms with van der Waals surface area (Å²) in [6, 6.07) is 2.60. The van der Waals surface area contributed by atoms with Gasteiger partial charge in [-0.05, 0) is 29.9 Å². The zero-order chi connectivity index (χ0) is 19.0. The largest absolute Gasteiger partial charge is 0.417 e. The van der Waals surface area contributed by atoms with Gasteiger partial charge in [0.2, 0.25) is 0 Å². The van der Waals surface area contributed by atoms with Gasteiger partial charge in [0.15, 0.2) is 0 Å². The highest BCUT2D eigenvalue weighted by Gasteiger charge is 2.36. The molecule has 5 nitrogen and oxygen atoms in total. The van der Waals surface area contributed by atoms with Gasteiger partial charge in [0.05, 0.1) is 11.1 Å². The molecule has 0 radical (unpaired) electrons. The minimum atomic E-state index is -4.66. The van der Waals surface area contributed by atoms with Gasteiger partial charge in [0.1, 0.15) is 5.69 Å². The third-order valence-electron chi connectivity index (χ3n) is 3.75. The molecule has 1 amide bonds. The van der Waals surface area contributed by atoms with E-state index >= 15 is 0 Å². The van der Waals surface area contributed by atoms with Gasteiger partial charge in [-0.15, -0.1) is 4.91 Å². The average Bonchev–Trinajstić information content (AvgIpc) is 2.60. The number of carbonyl (C=O) groups is 1. The first-order valence-electron chi connectivity index (χ1n) is 8.34. The molecule has 1 fully saturated rings. The number of likely N-dealkylation sites (N-methyl/N-ethyl adjacent to an activating group) is 1. The summed E-state index contributed by atoms with van der Waals surface area (Å²) in [7, 11) is 0. The first-order valence-corrected chi connectivity index (χ1v) is 8.34. The minimum absolute atomic E-state index is 0.191. The Morgan fingerprint density at radius 2 is 1.68 bits per heavy atom. The highest BCUT2D eigenvalue weighted by atomic mass is 19.4. The molecule has 1 aromatic rings. The summed E-state index contributed by atoms with van der Waals surface area (Å²) in [5.41, 5.74) is -1.75. The summed E-state index contributed by atoms with van der Waals surface area (Å²) in [6.07, 6.45) is -3.41. The van der Waals surface area contributed by atoms with E-state index in [1.165, 1.54) is 11.3 Å². The van der Waals surface area contributed by atoms with Crippen LogP contribution in [0, 0.1) is 4.91 Å². The Labute approximate surface area is 145 Å². The van der Waals surface area contributed by atoms with Crippen molar-refractivity contribution in [1.82, 2.24) is 9.80 Å². The third-order valence-corrected chi connectivity index (χ3v) is 3.75. The number of alkyl halides is 3. The lowest BCUT2D eigenvalue weighted by molar-refractivity contribution is -0.138. The number of halogens is 3. The molecule has 0 N–H and O–H groups in total. The van der Waals surface area contributed by atoms with Gasteiger partial charge in [0.25, 0.3) is 5.91 Å². The van der Waals surface area contributed by atoms with E-state index in [9.17, 15) is 22.9 Å². The summed E-state index contributed by atoms with van der Waals surface area (Å²) < 4.78 is 39.1. The van der Waals surface area contributed by atoms with Crippen molar-refractivity contribution in [2.75, 3.05) is 32.7 Å². The van der Waals surface area contributed by atoms with E-state index in [4.69, 9.17) is 0 Å². The predicted molar refractivity (Wildman–Crippen MR) is 90.9 cm³/mol. The van der Waals surface area contributed by atoms with Crippen LogP contribution in [0.25, 0.3) is 0 Å². The summed E-state index contributed by atoms with van der Waals surface area (Å²) in [6.45, 7) is 9.04. The van der Waals surface area contributed by atoms with Crippen LogP contribution in [0.2, 0.25) is 0 Å². The van der Waals surface area contributed by atoms with Crippen molar-refractivity contribution in [3.63, 3.8) is 0 Å². The molecule has 1 saturated heterocycles. The molecule has 0 unspecified atom stereocenters. The fraction of sp³-hybridized carbons (Fsp3) is 0.588. The lowest BCUT2D eigenvalue weighted by Crippen LogP contribution is -2.48. The van der Waals surface area contributed by atoms with E-state index in [1.807, 2.05) is 6.92 Å². The SMILES string of the molecule is CCC.CCN1CCN(C(=O)c2cc(N=O)ccc2C(F)(F)F)CC1. The Bertz CT molecular complexity index is 583. The smallest absolute Gasteiger partial charge is 0.336 e. The highest BCUT2D eigenvalue weighted by molar-refractivity contribution is 5.96. The first kappa shape index (κ1) is 21.1. The zero-order valence-electron chi connectivity index (χ0n) is 14.8. The molecule has 1 heterocycles. The Balaban J connectivity index is 0.000000970. The molecule has 0 spiro atoms. The molecular weight excluding hydrogens is 335 g/mol. The van der Waals surface area contributed by atoms with E-state index in [-0.39, 0.29) is 5.69 Å². The van der Waals surface area contributed by atoms with Crippen molar-refractivity contribution in [1.29, 1.82) is 0 Å². The molecule has 0 bridgehead atoms. The number of amides is 1. The number of hydrogen-bond donors (Lipinski definition) is 0. The second kappa shape index (κ2) is 9.50. The summed E-state index contributed by atoms with van der Waals surface area (Å²) in [5, 5.41) is 2.61. The van der Waals surface area contributed by atoms with Crippen molar-refractivity contribution >= 4 is 11.6 Å². The van der Waals surface area contributed by atoms with E-state index in [0.717, 1.165) is 24.7 Å². The van der Waals surface area contributed by atoms with Crippen molar-refractivity contribution in [3.8, 4) is 0 Å². The maximum absolute atomic E-state index is 13.0. The molecule has 1 aromatic carbocycles.